The van der Waals surface area contributed by atoms with E-state index in [2.05, 4.69) is 17.6 Å². The number of esters is 1. The smallest absolute Gasteiger partial charge is 0.411 e. The molecule has 0 aliphatic heterocycles. The van der Waals surface area contributed by atoms with Crippen LogP contribution in [0.5, 0.6) is 0 Å². The Labute approximate surface area is 167 Å². The van der Waals surface area contributed by atoms with Gasteiger partial charge >= 0.3 is 12.1 Å². The van der Waals surface area contributed by atoms with Crippen LogP contribution < -0.4 is 10.6 Å². The number of aliphatic hydroxyl groups excluding tert-OH is 1. The molecule has 0 saturated carbocycles. The van der Waals surface area contributed by atoms with Crippen LogP contribution in [-0.2, 0) is 9.47 Å². The first-order valence-electron chi connectivity index (χ1n) is 9.16. The van der Waals surface area contributed by atoms with Gasteiger partial charge in [-0.05, 0) is 43.7 Å². The number of carbonyl (C=O) groups is 2. The van der Waals surface area contributed by atoms with Crippen molar-refractivity contribution in [3.63, 3.8) is 0 Å². The Hall–Kier alpha value is -1.83. The maximum Gasteiger partial charge on any atom is 0.411 e. The lowest BCUT2D eigenvalue weighted by Gasteiger charge is -2.12. The van der Waals surface area contributed by atoms with Gasteiger partial charge in [-0.25, -0.2) is 9.59 Å². The molecule has 0 aliphatic carbocycles. The largest absolute Gasteiger partial charge is 0.459 e. The number of rotatable bonds is 12. The third-order valence-corrected chi connectivity index (χ3v) is 3.59. The minimum absolute atomic E-state index is 0. The summed E-state index contributed by atoms with van der Waals surface area (Å²) in [6.07, 6.45) is 2.63. The van der Waals surface area contributed by atoms with Gasteiger partial charge in [0.15, 0.2) is 0 Å². The fraction of sp³-hybridized carbons (Fsp3) is 0.579. The molecule has 0 saturated heterocycles. The van der Waals surface area contributed by atoms with Crippen molar-refractivity contribution in [2.24, 2.45) is 0 Å². The maximum atomic E-state index is 12.0. The highest BCUT2D eigenvalue weighted by molar-refractivity contribution is 5.91. The summed E-state index contributed by atoms with van der Waals surface area (Å²) in [6, 6.07) is 6.30. The average molecular weight is 403 g/mol. The predicted molar refractivity (Wildman–Crippen MR) is 108 cm³/mol. The van der Waals surface area contributed by atoms with Gasteiger partial charge in [-0.1, -0.05) is 26.7 Å². The molecule has 1 aromatic carbocycles. The van der Waals surface area contributed by atoms with E-state index < -0.39 is 18.2 Å². The first-order chi connectivity index (χ1) is 12.6. The number of hydrogen-bond donors (Lipinski definition) is 3. The average Bonchev–Trinajstić information content (AvgIpc) is 2.64. The molecule has 0 heterocycles. The molecule has 1 unspecified atom stereocenters. The van der Waals surface area contributed by atoms with E-state index >= 15 is 0 Å². The summed E-state index contributed by atoms with van der Waals surface area (Å²) in [6.45, 7) is 5.63. The number of hydrogen-bond acceptors (Lipinski definition) is 6. The van der Waals surface area contributed by atoms with Crippen molar-refractivity contribution >= 4 is 30.2 Å². The van der Waals surface area contributed by atoms with Crippen LogP contribution in [0.15, 0.2) is 24.3 Å². The molecule has 27 heavy (non-hydrogen) atoms. The lowest BCUT2D eigenvalue weighted by molar-refractivity contribution is 0.0259. The number of ether oxygens (including phenoxy) is 2. The number of amides is 1. The Kier molecular flexibility index (Phi) is 14.2. The minimum atomic E-state index is -0.741. The van der Waals surface area contributed by atoms with Gasteiger partial charge in [0.1, 0.15) is 12.7 Å². The Morgan fingerprint density at radius 3 is 2.37 bits per heavy atom. The number of nitrogens with one attached hydrogen (secondary N) is 2. The SMILES string of the molecule is CCCCNCC(O)COC(=O)c1ccc(NC(=O)OCCCC)cc1.Cl. The fourth-order valence-electron chi connectivity index (χ4n) is 2.04. The molecular formula is C19H31ClN2O5. The Balaban J connectivity index is 0.00000676. The zero-order valence-corrected chi connectivity index (χ0v) is 16.8. The van der Waals surface area contributed by atoms with Gasteiger partial charge in [0.25, 0.3) is 0 Å². The minimum Gasteiger partial charge on any atom is -0.459 e. The summed E-state index contributed by atoms with van der Waals surface area (Å²) in [4.78, 5) is 23.5. The molecule has 1 rings (SSSR count). The highest BCUT2D eigenvalue weighted by atomic mass is 35.5. The molecular weight excluding hydrogens is 372 g/mol. The zero-order chi connectivity index (χ0) is 19.2. The molecule has 0 fully saturated rings. The van der Waals surface area contributed by atoms with E-state index in [1.54, 1.807) is 24.3 Å². The fourth-order valence-corrected chi connectivity index (χ4v) is 2.04. The highest BCUT2D eigenvalue weighted by Gasteiger charge is 2.11. The molecule has 0 aromatic heterocycles. The number of aliphatic hydroxyl groups is 1. The quantitative estimate of drug-likeness (QED) is 0.366. The van der Waals surface area contributed by atoms with Gasteiger partial charge in [0.2, 0.25) is 0 Å². The van der Waals surface area contributed by atoms with E-state index in [0.717, 1.165) is 32.2 Å². The van der Waals surface area contributed by atoms with E-state index in [0.29, 0.717) is 24.4 Å². The topological polar surface area (TPSA) is 96.9 Å². The van der Waals surface area contributed by atoms with Gasteiger partial charge in [-0.15, -0.1) is 12.4 Å². The van der Waals surface area contributed by atoms with Crippen LogP contribution in [0.2, 0.25) is 0 Å². The first kappa shape index (κ1) is 25.2. The van der Waals surface area contributed by atoms with E-state index in [4.69, 9.17) is 9.47 Å². The molecule has 0 bridgehead atoms. The van der Waals surface area contributed by atoms with Crippen LogP contribution in [0, 0.1) is 0 Å². The number of halogens is 1. The summed E-state index contributed by atoms with van der Waals surface area (Å²) in [7, 11) is 0. The van der Waals surface area contributed by atoms with E-state index in [1.807, 2.05) is 6.92 Å². The molecule has 3 N–H and O–H groups in total. The van der Waals surface area contributed by atoms with Crippen molar-refractivity contribution < 1.29 is 24.2 Å². The van der Waals surface area contributed by atoms with Gasteiger partial charge in [-0.2, -0.15) is 0 Å². The van der Waals surface area contributed by atoms with Crippen molar-refractivity contribution in [1.82, 2.24) is 5.32 Å². The summed E-state index contributed by atoms with van der Waals surface area (Å²) < 4.78 is 10.1. The van der Waals surface area contributed by atoms with Crippen LogP contribution in [0.3, 0.4) is 0 Å². The van der Waals surface area contributed by atoms with Crippen molar-refractivity contribution in [1.29, 1.82) is 0 Å². The summed E-state index contributed by atoms with van der Waals surface area (Å²) in [5, 5.41) is 15.5. The van der Waals surface area contributed by atoms with Crippen LogP contribution in [0.1, 0.15) is 49.9 Å². The number of carbonyl (C=O) groups excluding carboxylic acids is 2. The zero-order valence-electron chi connectivity index (χ0n) is 16.0. The second kappa shape index (κ2) is 15.2. The van der Waals surface area contributed by atoms with Crippen LogP contribution >= 0.6 is 12.4 Å². The van der Waals surface area contributed by atoms with E-state index in [-0.39, 0.29) is 19.0 Å². The third kappa shape index (κ3) is 11.5. The lowest BCUT2D eigenvalue weighted by atomic mass is 10.2. The monoisotopic (exact) mass is 402 g/mol. The number of anilines is 1. The lowest BCUT2D eigenvalue weighted by Crippen LogP contribution is -2.31. The maximum absolute atomic E-state index is 12.0. The standard InChI is InChI=1S/C19H30N2O5.ClH/c1-3-5-11-20-13-17(22)14-26-18(23)15-7-9-16(10-8-15)21-19(24)25-12-6-4-2;/h7-10,17,20,22H,3-6,11-14H2,1-2H3,(H,21,24);1H. The Morgan fingerprint density at radius 1 is 1.07 bits per heavy atom. The molecule has 0 spiro atoms. The normalized spacial score (nSPS) is 11.2. The number of unbranched alkanes of at least 4 members (excludes halogenated alkanes) is 2. The Morgan fingerprint density at radius 2 is 1.74 bits per heavy atom. The second-order valence-electron chi connectivity index (χ2n) is 6.00. The highest BCUT2D eigenvalue weighted by Crippen LogP contribution is 2.11. The molecule has 1 aromatic rings. The molecule has 1 atom stereocenters. The van der Waals surface area contributed by atoms with Gasteiger partial charge in [-0.3, -0.25) is 5.32 Å². The summed E-state index contributed by atoms with van der Waals surface area (Å²) in [5.74, 6) is -0.519. The summed E-state index contributed by atoms with van der Waals surface area (Å²) >= 11 is 0. The van der Waals surface area contributed by atoms with Crippen LogP contribution in [0.4, 0.5) is 10.5 Å². The van der Waals surface area contributed by atoms with Crippen LogP contribution in [-0.4, -0.2) is 49.6 Å². The summed E-state index contributed by atoms with van der Waals surface area (Å²) in [5.41, 5.74) is 0.879. The van der Waals surface area contributed by atoms with Crippen molar-refractivity contribution in [3.05, 3.63) is 29.8 Å². The number of benzene rings is 1. The van der Waals surface area contributed by atoms with Crippen molar-refractivity contribution in [3.8, 4) is 0 Å². The van der Waals surface area contributed by atoms with Crippen LogP contribution in [0.25, 0.3) is 0 Å². The molecule has 0 aliphatic rings. The molecule has 0 radical (unpaired) electrons. The van der Waals surface area contributed by atoms with Gasteiger partial charge in [0.05, 0.1) is 12.2 Å². The second-order valence-corrected chi connectivity index (χ2v) is 6.00. The molecule has 7 nitrogen and oxygen atoms in total. The molecule has 8 heteroatoms. The predicted octanol–water partition coefficient (Wildman–Crippen LogP) is 3.36. The third-order valence-electron chi connectivity index (χ3n) is 3.59. The van der Waals surface area contributed by atoms with E-state index in [9.17, 15) is 14.7 Å². The molecule has 1 amide bonds. The van der Waals surface area contributed by atoms with Crippen molar-refractivity contribution in [2.75, 3.05) is 31.6 Å². The van der Waals surface area contributed by atoms with E-state index in [1.165, 1.54) is 0 Å². The van der Waals surface area contributed by atoms with Gasteiger partial charge in [0, 0.05) is 12.2 Å². The van der Waals surface area contributed by atoms with Gasteiger partial charge < -0.3 is 19.9 Å². The molecule has 154 valence electrons. The Bertz CT molecular complexity index is 539. The first-order valence-corrected chi connectivity index (χ1v) is 9.16. The van der Waals surface area contributed by atoms with Crippen molar-refractivity contribution in [2.45, 2.75) is 45.6 Å².